The highest BCUT2D eigenvalue weighted by atomic mass is 79.9. The molecule has 5 heteroatoms. The van der Waals surface area contributed by atoms with Gasteiger partial charge in [-0.2, -0.15) is 0 Å². The van der Waals surface area contributed by atoms with Gasteiger partial charge in [-0.1, -0.05) is 13.0 Å². The number of pyridine rings is 2. The maximum atomic E-state index is 5.35. The topological polar surface area (TPSA) is 47.0 Å². The van der Waals surface area contributed by atoms with Gasteiger partial charge in [-0.15, -0.1) is 0 Å². The van der Waals surface area contributed by atoms with Crippen LogP contribution < -0.4 is 10.1 Å². The van der Waals surface area contributed by atoms with E-state index in [1.54, 1.807) is 13.3 Å². The molecular formula is C15H18BrN3O. The number of ether oxygens (including phenoxy) is 1. The van der Waals surface area contributed by atoms with Crippen LogP contribution in [0.3, 0.4) is 0 Å². The van der Waals surface area contributed by atoms with E-state index in [0.717, 1.165) is 28.7 Å². The maximum Gasteiger partial charge on any atom is 0.217 e. The predicted octanol–water partition coefficient (Wildman–Crippen LogP) is 3.14. The molecule has 0 saturated carbocycles. The van der Waals surface area contributed by atoms with Crippen LogP contribution in [-0.2, 0) is 6.42 Å². The van der Waals surface area contributed by atoms with Crippen LogP contribution in [0.2, 0.25) is 0 Å². The van der Waals surface area contributed by atoms with E-state index < -0.39 is 0 Å². The van der Waals surface area contributed by atoms with Gasteiger partial charge in [-0.3, -0.25) is 4.98 Å². The lowest BCUT2D eigenvalue weighted by Crippen LogP contribution is -2.24. The minimum Gasteiger partial charge on any atom is -0.481 e. The summed E-state index contributed by atoms with van der Waals surface area (Å²) < 4.78 is 6.34. The molecule has 2 aromatic heterocycles. The highest BCUT2D eigenvalue weighted by Crippen LogP contribution is 2.25. The lowest BCUT2D eigenvalue weighted by atomic mass is 10.0. The van der Waals surface area contributed by atoms with Crippen molar-refractivity contribution in [3.05, 3.63) is 52.4 Å². The minimum atomic E-state index is 0.136. The Bertz CT molecular complexity index is 545. The Kier molecular flexibility index (Phi) is 5.49. The van der Waals surface area contributed by atoms with Gasteiger partial charge in [0, 0.05) is 40.6 Å². The molecule has 0 fully saturated rings. The van der Waals surface area contributed by atoms with Crippen LogP contribution in [-0.4, -0.2) is 23.6 Å². The first-order chi connectivity index (χ1) is 9.74. The molecule has 4 nitrogen and oxygen atoms in total. The summed E-state index contributed by atoms with van der Waals surface area (Å²) in [5.41, 5.74) is 2.09. The van der Waals surface area contributed by atoms with Gasteiger partial charge >= 0.3 is 0 Å². The third kappa shape index (κ3) is 3.77. The zero-order chi connectivity index (χ0) is 14.4. The second-order valence-corrected chi connectivity index (χ2v) is 5.30. The Balaban J connectivity index is 2.24. The molecule has 0 aliphatic carbocycles. The maximum absolute atomic E-state index is 5.35. The van der Waals surface area contributed by atoms with Crippen molar-refractivity contribution in [1.82, 2.24) is 15.3 Å². The van der Waals surface area contributed by atoms with Crippen LogP contribution in [0.4, 0.5) is 0 Å². The molecule has 1 N–H and O–H groups in total. The molecule has 0 bridgehead atoms. The highest BCUT2D eigenvalue weighted by molar-refractivity contribution is 9.10. The second-order valence-electron chi connectivity index (χ2n) is 4.38. The average molecular weight is 336 g/mol. The fourth-order valence-electron chi connectivity index (χ4n) is 2.11. The van der Waals surface area contributed by atoms with E-state index in [4.69, 9.17) is 4.74 Å². The first kappa shape index (κ1) is 14.9. The van der Waals surface area contributed by atoms with Gasteiger partial charge in [-0.25, -0.2) is 4.98 Å². The number of halogens is 1. The average Bonchev–Trinajstić information content (AvgIpc) is 2.49. The molecule has 0 amide bonds. The molecule has 2 aromatic rings. The molecule has 0 aliphatic rings. The van der Waals surface area contributed by atoms with Gasteiger partial charge in [-0.05, 0) is 40.7 Å². The van der Waals surface area contributed by atoms with Crippen LogP contribution >= 0.6 is 15.9 Å². The van der Waals surface area contributed by atoms with Gasteiger partial charge < -0.3 is 10.1 Å². The van der Waals surface area contributed by atoms with Crippen LogP contribution in [0, 0.1) is 0 Å². The summed E-state index contributed by atoms with van der Waals surface area (Å²) in [6.45, 7) is 2.96. The van der Waals surface area contributed by atoms with Crippen molar-refractivity contribution in [2.45, 2.75) is 19.4 Å². The molecule has 106 valence electrons. The number of methoxy groups -OCH3 is 1. The predicted molar refractivity (Wildman–Crippen MR) is 82.8 cm³/mol. The van der Waals surface area contributed by atoms with E-state index in [2.05, 4.69) is 38.1 Å². The zero-order valence-corrected chi connectivity index (χ0v) is 13.2. The number of aromatic nitrogens is 2. The van der Waals surface area contributed by atoms with E-state index in [-0.39, 0.29) is 6.04 Å². The lowest BCUT2D eigenvalue weighted by molar-refractivity contribution is 0.382. The fourth-order valence-corrected chi connectivity index (χ4v) is 2.35. The molecule has 0 radical (unpaired) electrons. The van der Waals surface area contributed by atoms with E-state index in [9.17, 15) is 0 Å². The van der Waals surface area contributed by atoms with Crippen molar-refractivity contribution < 1.29 is 4.74 Å². The van der Waals surface area contributed by atoms with Gasteiger partial charge in [0.05, 0.1) is 7.11 Å². The Morgan fingerprint density at radius 2 is 2.15 bits per heavy atom. The summed E-state index contributed by atoms with van der Waals surface area (Å²) in [5.74, 6) is 0.663. The third-order valence-corrected chi connectivity index (χ3v) is 3.49. The third-order valence-electron chi connectivity index (χ3n) is 3.02. The van der Waals surface area contributed by atoms with Crippen molar-refractivity contribution in [3.8, 4) is 5.88 Å². The van der Waals surface area contributed by atoms with Crippen molar-refractivity contribution in [2.75, 3.05) is 13.7 Å². The SMILES string of the molecule is CCNC(Cc1ccc(Br)cn1)c1cccnc1OC. The second kappa shape index (κ2) is 7.36. The minimum absolute atomic E-state index is 0.136. The van der Waals surface area contributed by atoms with E-state index in [0.29, 0.717) is 5.88 Å². The first-order valence-electron chi connectivity index (χ1n) is 6.57. The Morgan fingerprint density at radius 3 is 2.80 bits per heavy atom. The number of nitrogens with one attached hydrogen (secondary N) is 1. The summed E-state index contributed by atoms with van der Waals surface area (Å²) in [6.07, 6.45) is 4.35. The van der Waals surface area contributed by atoms with Crippen LogP contribution in [0.5, 0.6) is 5.88 Å². The summed E-state index contributed by atoms with van der Waals surface area (Å²) in [7, 11) is 1.65. The molecule has 2 heterocycles. The largest absolute Gasteiger partial charge is 0.481 e. The highest BCUT2D eigenvalue weighted by Gasteiger charge is 2.17. The molecule has 2 rings (SSSR count). The van der Waals surface area contributed by atoms with E-state index >= 15 is 0 Å². The molecule has 0 saturated heterocycles. The Morgan fingerprint density at radius 1 is 1.30 bits per heavy atom. The number of likely N-dealkylation sites (N-methyl/N-ethyl adjacent to an activating group) is 1. The molecule has 0 aromatic carbocycles. The number of nitrogens with zero attached hydrogens (tertiary/aromatic N) is 2. The molecule has 20 heavy (non-hydrogen) atoms. The first-order valence-corrected chi connectivity index (χ1v) is 7.36. The van der Waals surface area contributed by atoms with Gasteiger partial charge in [0.1, 0.15) is 0 Å². The summed E-state index contributed by atoms with van der Waals surface area (Å²) in [6, 6.07) is 8.13. The fraction of sp³-hybridized carbons (Fsp3) is 0.333. The smallest absolute Gasteiger partial charge is 0.217 e. The summed E-state index contributed by atoms with van der Waals surface area (Å²) in [4.78, 5) is 8.70. The number of rotatable bonds is 6. The Hall–Kier alpha value is -1.46. The molecule has 1 unspecified atom stereocenters. The Labute approximate surface area is 127 Å². The van der Waals surface area contributed by atoms with Crippen LogP contribution in [0.1, 0.15) is 24.2 Å². The van der Waals surface area contributed by atoms with Crippen molar-refractivity contribution in [3.63, 3.8) is 0 Å². The molecule has 0 spiro atoms. The monoisotopic (exact) mass is 335 g/mol. The summed E-state index contributed by atoms with van der Waals surface area (Å²) in [5, 5.41) is 3.46. The normalized spacial score (nSPS) is 12.2. The van der Waals surface area contributed by atoms with E-state index in [1.807, 2.05) is 30.5 Å². The molecular weight excluding hydrogens is 318 g/mol. The van der Waals surface area contributed by atoms with Gasteiger partial charge in [0.25, 0.3) is 0 Å². The van der Waals surface area contributed by atoms with Crippen LogP contribution in [0.15, 0.2) is 41.1 Å². The summed E-state index contributed by atoms with van der Waals surface area (Å²) >= 11 is 3.40. The van der Waals surface area contributed by atoms with E-state index in [1.165, 1.54) is 0 Å². The standard InChI is InChI=1S/C15H18BrN3O/c1-3-17-14(9-12-7-6-11(16)10-19-12)13-5-4-8-18-15(13)20-2/h4-8,10,14,17H,3,9H2,1-2H3. The van der Waals surface area contributed by atoms with Gasteiger partial charge in [0.15, 0.2) is 0 Å². The number of hydrogen-bond donors (Lipinski definition) is 1. The lowest BCUT2D eigenvalue weighted by Gasteiger charge is -2.19. The quantitative estimate of drug-likeness (QED) is 0.880. The van der Waals surface area contributed by atoms with Gasteiger partial charge in [0.2, 0.25) is 5.88 Å². The van der Waals surface area contributed by atoms with Crippen LogP contribution in [0.25, 0.3) is 0 Å². The molecule has 0 aliphatic heterocycles. The molecule has 1 atom stereocenters. The van der Waals surface area contributed by atoms with Crippen molar-refractivity contribution in [1.29, 1.82) is 0 Å². The number of hydrogen-bond acceptors (Lipinski definition) is 4. The van der Waals surface area contributed by atoms with Crippen molar-refractivity contribution in [2.24, 2.45) is 0 Å². The zero-order valence-electron chi connectivity index (χ0n) is 11.6. The van der Waals surface area contributed by atoms with Crippen molar-refractivity contribution >= 4 is 15.9 Å².